The number of rotatable bonds is 4. The quantitative estimate of drug-likeness (QED) is 0.125. The molecule has 0 saturated carbocycles. The summed E-state index contributed by atoms with van der Waals surface area (Å²) < 4.78 is 1.75. The third kappa shape index (κ3) is 12.1. The average molecular weight is 866 g/mol. The smallest absolute Gasteiger partial charge is 0.167 e. The van der Waals surface area contributed by atoms with Gasteiger partial charge >= 0.3 is 0 Å². The van der Waals surface area contributed by atoms with Crippen molar-refractivity contribution in [2.45, 2.75) is 27.7 Å². The fourth-order valence-electron chi connectivity index (χ4n) is 3.33. The van der Waals surface area contributed by atoms with Crippen LogP contribution in [0.5, 0.6) is 28.7 Å². The van der Waals surface area contributed by atoms with Crippen molar-refractivity contribution in [3.63, 3.8) is 0 Å². The topological polar surface area (TPSA) is 169 Å². The molecule has 14 heteroatoms. The Morgan fingerprint density at radius 2 is 1.00 bits per heavy atom. The summed E-state index contributed by atoms with van der Waals surface area (Å²) in [6.07, 6.45) is 0. The van der Waals surface area contributed by atoms with Crippen LogP contribution in [-0.2, 0) is 0 Å². The van der Waals surface area contributed by atoms with Crippen molar-refractivity contribution in [2.75, 3.05) is 0 Å². The predicted octanol–water partition coefficient (Wildman–Crippen LogP) is 9.68. The third-order valence-electron chi connectivity index (χ3n) is 5.56. The number of Topliss-reactive ketones (excluding diaryl/α,β-unsaturated/α-hetero) is 4. The molecule has 0 radical (unpaired) electrons. The normalized spacial score (nSPS) is 9.76. The molecule has 4 rings (SSSR count). The van der Waals surface area contributed by atoms with Crippen LogP contribution < -0.4 is 0 Å². The van der Waals surface area contributed by atoms with Crippen molar-refractivity contribution in [1.29, 1.82) is 0 Å². The first-order chi connectivity index (χ1) is 21.3. The minimum atomic E-state index is -0.446. The van der Waals surface area contributed by atoms with E-state index in [9.17, 15) is 34.5 Å². The summed E-state index contributed by atoms with van der Waals surface area (Å²) in [5.41, 5.74) is 0.788. The van der Waals surface area contributed by atoms with Crippen LogP contribution in [0, 0.1) is 0 Å². The van der Waals surface area contributed by atoms with Crippen molar-refractivity contribution in [3.05, 3.63) is 106 Å². The molecule has 0 atom stereocenters. The fourth-order valence-corrected chi connectivity index (χ4v) is 5.26. The van der Waals surface area contributed by atoms with Gasteiger partial charge in [0, 0.05) is 8.95 Å². The molecule has 244 valence electrons. The lowest BCUT2D eigenvalue weighted by Crippen LogP contribution is -1.94. The summed E-state index contributed by atoms with van der Waals surface area (Å²) in [5, 5.41) is 46.5. The molecule has 0 aromatic heterocycles. The molecule has 4 aromatic rings. The van der Waals surface area contributed by atoms with E-state index in [0.717, 1.165) is 4.47 Å². The molecule has 0 amide bonds. The van der Waals surface area contributed by atoms with Gasteiger partial charge in [0.05, 0.1) is 31.2 Å². The number of phenols is 5. The Kier molecular flexibility index (Phi) is 16.5. The number of halogens is 5. The lowest BCUT2D eigenvalue weighted by Gasteiger charge is -2.06. The van der Waals surface area contributed by atoms with Gasteiger partial charge in [-0.3, -0.25) is 19.2 Å². The average Bonchev–Trinajstić information content (AvgIpc) is 2.96. The van der Waals surface area contributed by atoms with E-state index in [-0.39, 0.29) is 66.0 Å². The highest BCUT2D eigenvalue weighted by molar-refractivity contribution is 9.11. The van der Waals surface area contributed by atoms with Crippen LogP contribution in [0.25, 0.3) is 0 Å². The van der Waals surface area contributed by atoms with E-state index < -0.39 is 11.5 Å². The number of hydrogen-bond donors (Lipinski definition) is 5. The maximum absolute atomic E-state index is 11.0. The highest BCUT2D eigenvalue weighted by atomic mass is 79.9. The number of carbonyl (C=O) groups excluding carboxylic acids is 4. The number of carbonyl (C=O) groups is 4. The van der Waals surface area contributed by atoms with Crippen molar-refractivity contribution in [3.8, 4) is 28.7 Å². The monoisotopic (exact) mass is 862 g/mol. The Morgan fingerprint density at radius 1 is 0.522 bits per heavy atom. The number of para-hydroxylation sites is 1. The predicted molar refractivity (Wildman–Crippen MR) is 187 cm³/mol. The number of aromatic hydroxyl groups is 5. The van der Waals surface area contributed by atoms with E-state index in [1.165, 1.54) is 58.0 Å². The number of ketones is 4. The van der Waals surface area contributed by atoms with Gasteiger partial charge in [0.1, 0.15) is 34.3 Å². The Morgan fingerprint density at radius 3 is 1.46 bits per heavy atom. The molecule has 9 nitrogen and oxygen atoms in total. The fraction of sp³-hybridized carbons (Fsp3) is 0.125. The van der Waals surface area contributed by atoms with E-state index >= 15 is 0 Å². The van der Waals surface area contributed by atoms with E-state index in [2.05, 4.69) is 47.8 Å². The highest BCUT2D eigenvalue weighted by Crippen LogP contribution is 2.40. The summed E-state index contributed by atoms with van der Waals surface area (Å²) in [6, 6.07) is 15.6. The maximum atomic E-state index is 11.0. The number of hydrogen-bond acceptors (Lipinski definition) is 9. The highest BCUT2D eigenvalue weighted by Gasteiger charge is 2.18. The first-order valence-electron chi connectivity index (χ1n) is 12.7. The molecule has 0 aliphatic carbocycles. The van der Waals surface area contributed by atoms with Gasteiger partial charge in [0.15, 0.2) is 23.1 Å². The minimum Gasteiger partial charge on any atom is -0.507 e. The van der Waals surface area contributed by atoms with Gasteiger partial charge in [-0.25, -0.2) is 0 Å². The molecule has 0 fully saturated rings. The second kappa shape index (κ2) is 18.7. The Bertz CT molecular complexity index is 1750. The second-order valence-electron chi connectivity index (χ2n) is 9.10. The van der Waals surface area contributed by atoms with Gasteiger partial charge in [0.25, 0.3) is 0 Å². The summed E-state index contributed by atoms with van der Waals surface area (Å²) in [5.74, 6) is -1.68. The molecule has 0 heterocycles. The first kappa shape index (κ1) is 40.6. The van der Waals surface area contributed by atoms with Crippen LogP contribution in [0.1, 0.15) is 69.1 Å². The van der Waals surface area contributed by atoms with Crippen LogP contribution >= 0.6 is 71.0 Å². The lowest BCUT2D eigenvalue weighted by molar-refractivity contribution is 0.0999. The zero-order valence-corrected chi connectivity index (χ0v) is 30.8. The molecule has 4 aromatic carbocycles. The van der Waals surface area contributed by atoms with Crippen LogP contribution in [0.15, 0.2) is 74.1 Å². The molecule has 0 aliphatic heterocycles. The zero-order valence-electron chi connectivity index (χ0n) is 24.5. The van der Waals surface area contributed by atoms with Crippen molar-refractivity contribution < 1.29 is 44.7 Å². The lowest BCUT2D eigenvalue weighted by atomic mass is 10.1. The van der Waals surface area contributed by atoms with Crippen molar-refractivity contribution >= 4 is 94.1 Å². The van der Waals surface area contributed by atoms with Crippen LogP contribution in [0.2, 0.25) is 10.0 Å². The summed E-state index contributed by atoms with van der Waals surface area (Å²) in [6.45, 7) is 5.45. The second-order valence-corrected chi connectivity index (χ2v) is 12.6. The molecular formula is C32H27Br3Cl2O9. The van der Waals surface area contributed by atoms with Crippen LogP contribution in [0.4, 0.5) is 0 Å². The molecule has 0 bridgehead atoms. The zero-order chi connectivity index (χ0) is 35.5. The Labute approximate surface area is 299 Å². The van der Waals surface area contributed by atoms with Gasteiger partial charge < -0.3 is 25.5 Å². The number of benzene rings is 4. The van der Waals surface area contributed by atoms with Crippen molar-refractivity contribution in [1.82, 2.24) is 0 Å². The van der Waals surface area contributed by atoms with Gasteiger partial charge in [-0.1, -0.05) is 67.2 Å². The largest absolute Gasteiger partial charge is 0.507 e. The molecule has 0 saturated heterocycles. The third-order valence-corrected chi connectivity index (χ3v) is 7.69. The Balaban J connectivity index is 0.000000308. The molecular weight excluding hydrogens is 839 g/mol. The van der Waals surface area contributed by atoms with Crippen molar-refractivity contribution in [2.24, 2.45) is 0 Å². The van der Waals surface area contributed by atoms with E-state index in [4.69, 9.17) is 33.4 Å². The van der Waals surface area contributed by atoms with Gasteiger partial charge in [-0.05, 0) is 92.2 Å². The summed E-state index contributed by atoms with van der Waals surface area (Å²) >= 11 is 20.6. The molecule has 0 spiro atoms. The van der Waals surface area contributed by atoms with Gasteiger partial charge in [-0.2, -0.15) is 0 Å². The molecule has 0 aliphatic rings. The van der Waals surface area contributed by atoms with E-state index in [1.807, 2.05) is 0 Å². The Hall–Kier alpha value is -3.42. The van der Waals surface area contributed by atoms with E-state index in [0.29, 0.717) is 15.6 Å². The van der Waals surface area contributed by atoms with Crippen LogP contribution in [0.3, 0.4) is 0 Å². The number of phenolic OH excluding ortho intramolecular Hbond substituents is 5. The van der Waals surface area contributed by atoms with Gasteiger partial charge in [0.2, 0.25) is 0 Å². The SMILES string of the molecule is CC(=O)c1c(O)c(Cl)cc(Br)c1O.CC(=O)c1cc(Br)cc(Cl)c1O.CC(=O)c1cc(Br)ccc1O.CC(=O)c1ccccc1O. The minimum absolute atomic E-state index is 0.0230. The maximum Gasteiger partial charge on any atom is 0.167 e. The first-order valence-corrected chi connectivity index (χ1v) is 15.8. The van der Waals surface area contributed by atoms with E-state index in [1.54, 1.807) is 30.3 Å². The summed E-state index contributed by atoms with van der Waals surface area (Å²) in [7, 11) is 0. The molecule has 0 unspecified atom stereocenters. The van der Waals surface area contributed by atoms with Gasteiger partial charge in [-0.15, -0.1) is 0 Å². The standard InChI is InChI=1S/C8H6BrClO3.C8H6BrClO2.C8H7BrO2.C8H8O2/c1-3(11)6-7(12)4(9)2-5(10)8(6)13;1-4(11)6-2-5(9)3-7(10)8(6)12;1-5(10)7-4-6(9)2-3-8(7)11;1-6(9)7-4-2-3-5-8(7)10/h2,12-13H,1H3;2-3,12H,1H3;2-4,11H,1H3;2-5,10H,1H3. The summed E-state index contributed by atoms with van der Waals surface area (Å²) in [4.78, 5) is 43.5. The molecule has 5 N–H and O–H groups in total. The van der Waals surface area contributed by atoms with Crippen LogP contribution in [-0.4, -0.2) is 48.7 Å². The molecule has 46 heavy (non-hydrogen) atoms.